The van der Waals surface area contributed by atoms with Crippen LogP contribution in [0.1, 0.15) is 5.69 Å². The van der Waals surface area contributed by atoms with Crippen LogP contribution in [0.3, 0.4) is 0 Å². The number of methoxy groups -OCH3 is 3. The van der Waals surface area contributed by atoms with Gasteiger partial charge in [-0.15, -0.1) is 0 Å². The molecule has 0 unspecified atom stereocenters. The number of aliphatic imine (C=N–C) groups is 1. The van der Waals surface area contributed by atoms with Crippen molar-refractivity contribution in [3.8, 4) is 16.9 Å². The summed E-state index contributed by atoms with van der Waals surface area (Å²) in [6.07, 6.45) is 1.75. The molecule has 0 fully saturated rings. The number of nitrogens with one attached hydrogen (secondary N) is 2. The molecule has 0 radical (unpaired) electrons. The number of pyridine rings is 1. The molecule has 1 aromatic carbocycles. The molecule has 9 heteroatoms. The summed E-state index contributed by atoms with van der Waals surface area (Å²) in [6.45, 7) is 0.530. The third-order valence-electron chi connectivity index (χ3n) is 4.84. The molecule has 3 heterocycles. The molecule has 156 valence electrons. The number of hydrogen-bond acceptors (Lipinski definition) is 7. The monoisotopic (exact) mass is 443 g/mol. The van der Waals surface area contributed by atoms with Gasteiger partial charge in [-0.25, -0.2) is 4.98 Å². The van der Waals surface area contributed by atoms with Crippen molar-refractivity contribution in [2.24, 2.45) is 4.99 Å². The van der Waals surface area contributed by atoms with Crippen LogP contribution in [0.15, 0.2) is 51.3 Å². The second-order valence-electron chi connectivity index (χ2n) is 6.47. The highest BCUT2D eigenvalue weighted by molar-refractivity contribution is 8.18. The maximum Gasteiger partial charge on any atom is 0.290 e. The molecule has 0 aliphatic carbocycles. The summed E-state index contributed by atoms with van der Waals surface area (Å²) < 4.78 is 16.3. The maximum absolute atomic E-state index is 5.74. The molecule has 7 nitrogen and oxygen atoms in total. The number of aromatic nitrogens is 2. The Bertz CT molecular complexity index is 1160. The van der Waals surface area contributed by atoms with E-state index in [1.807, 2.05) is 25.2 Å². The fourth-order valence-electron chi connectivity index (χ4n) is 3.54. The Morgan fingerprint density at radius 3 is 2.70 bits per heavy atom. The fourth-order valence-corrected chi connectivity index (χ4v) is 4.78. The van der Waals surface area contributed by atoms with Crippen LogP contribution in [0, 0.1) is 0 Å². The molecule has 3 aromatic rings. The SMILES string of the molecule is CNc1c(-c2cccnc2[SH2+])c(OC)cc2cc(C3=NCC(=C(OC)OC)S3)[nH]c12. The lowest BCUT2D eigenvalue weighted by atomic mass is 10.0. The fraction of sp³-hybridized carbons (Fsp3) is 0.238. The van der Waals surface area contributed by atoms with E-state index < -0.39 is 0 Å². The molecule has 1 aliphatic heterocycles. The summed E-state index contributed by atoms with van der Waals surface area (Å²) in [5, 5.41) is 5.99. The molecule has 4 rings (SSSR count). The zero-order chi connectivity index (χ0) is 21.3. The summed E-state index contributed by atoms with van der Waals surface area (Å²) in [4.78, 5) is 13.5. The van der Waals surface area contributed by atoms with E-state index in [-0.39, 0.29) is 0 Å². The number of H-pyrrole nitrogens is 1. The molecule has 0 saturated heterocycles. The third-order valence-corrected chi connectivity index (χ3v) is 6.33. The first-order valence-electron chi connectivity index (χ1n) is 9.23. The maximum atomic E-state index is 5.74. The van der Waals surface area contributed by atoms with E-state index in [1.165, 1.54) is 0 Å². The summed E-state index contributed by atoms with van der Waals surface area (Å²) in [7, 11) is 6.76. The second-order valence-corrected chi connectivity index (χ2v) is 8.03. The van der Waals surface area contributed by atoms with Crippen molar-refractivity contribution < 1.29 is 14.2 Å². The first kappa shape index (κ1) is 20.5. The molecule has 0 atom stereocenters. The van der Waals surface area contributed by atoms with E-state index in [1.54, 1.807) is 39.3 Å². The predicted octanol–water partition coefficient (Wildman–Crippen LogP) is 3.61. The second kappa shape index (κ2) is 8.53. The molecular formula is C21H23N4O3S2+. The largest absolute Gasteiger partial charge is 0.496 e. The molecule has 30 heavy (non-hydrogen) atoms. The van der Waals surface area contributed by atoms with Crippen LogP contribution in [0.25, 0.3) is 22.0 Å². The number of fused-ring (bicyclic) bond motifs is 1. The van der Waals surface area contributed by atoms with Crippen molar-refractivity contribution in [2.45, 2.75) is 5.03 Å². The van der Waals surface area contributed by atoms with Gasteiger partial charge in [-0.1, -0.05) is 11.8 Å². The lowest BCUT2D eigenvalue weighted by Crippen LogP contribution is -1.99. The smallest absolute Gasteiger partial charge is 0.290 e. The Kier molecular flexibility index (Phi) is 5.83. The predicted molar refractivity (Wildman–Crippen MR) is 126 cm³/mol. The van der Waals surface area contributed by atoms with Gasteiger partial charge < -0.3 is 24.5 Å². The van der Waals surface area contributed by atoms with Crippen molar-refractivity contribution in [3.63, 3.8) is 0 Å². The highest BCUT2D eigenvalue weighted by Gasteiger charge is 2.24. The van der Waals surface area contributed by atoms with Crippen LogP contribution in [0.5, 0.6) is 5.75 Å². The highest BCUT2D eigenvalue weighted by Crippen LogP contribution is 2.44. The summed E-state index contributed by atoms with van der Waals surface area (Å²) >= 11 is 5.16. The van der Waals surface area contributed by atoms with Crippen LogP contribution in [-0.4, -0.2) is 49.9 Å². The number of hydrogen-bond donors (Lipinski definition) is 2. The minimum Gasteiger partial charge on any atom is -0.496 e. The van der Waals surface area contributed by atoms with Gasteiger partial charge in [-0.05, 0) is 24.3 Å². The van der Waals surface area contributed by atoms with Crippen LogP contribution in [-0.2, 0) is 22.1 Å². The number of nitrogens with zero attached hydrogens (tertiary/aromatic N) is 2. The van der Waals surface area contributed by atoms with Gasteiger partial charge in [-0.3, -0.25) is 4.99 Å². The van der Waals surface area contributed by atoms with Crippen LogP contribution in [0.4, 0.5) is 5.69 Å². The Labute approximate surface area is 184 Å². The van der Waals surface area contributed by atoms with E-state index in [0.717, 1.165) is 54.1 Å². The summed E-state index contributed by atoms with van der Waals surface area (Å²) in [6, 6.07) is 8.02. The summed E-state index contributed by atoms with van der Waals surface area (Å²) in [5.41, 5.74) is 4.70. The average molecular weight is 444 g/mol. The number of aromatic amines is 1. The van der Waals surface area contributed by atoms with Crippen LogP contribution < -0.4 is 10.1 Å². The van der Waals surface area contributed by atoms with Gasteiger partial charge in [0.05, 0.1) is 60.8 Å². The molecule has 2 N–H and O–H groups in total. The zero-order valence-electron chi connectivity index (χ0n) is 17.1. The molecule has 0 bridgehead atoms. The molecular weight excluding hydrogens is 420 g/mol. The van der Waals surface area contributed by atoms with Crippen molar-refractivity contribution in [2.75, 3.05) is 40.2 Å². The quantitative estimate of drug-likeness (QED) is 0.448. The van der Waals surface area contributed by atoms with Crippen molar-refractivity contribution in [3.05, 3.63) is 47.0 Å². The van der Waals surface area contributed by atoms with Crippen molar-refractivity contribution >= 4 is 46.0 Å². The first-order chi connectivity index (χ1) is 14.6. The van der Waals surface area contributed by atoms with Gasteiger partial charge in [0.15, 0.2) is 0 Å². The van der Waals surface area contributed by atoms with E-state index >= 15 is 0 Å². The minimum absolute atomic E-state index is 0.496. The van der Waals surface area contributed by atoms with Gasteiger partial charge >= 0.3 is 0 Å². The van der Waals surface area contributed by atoms with E-state index in [2.05, 4.69) is 39.0 Å². The number of thioether (sulfide) groups is 1. The summed E-state index contributed by atoms with van der Waals surface area (Å²) in [5.74, 6) is 1.25. The first-order valence-corrected chi connectivity index (χ1v) is 10.5. The lowest BCUT2D eigenvalue weighted by Gasteiger charge is -2.15. The molecule has 1 aliphatic rings. The Morgan fingerprint density at radius 2 is 2.03 bits per heavy atom. The van der Waals surface area contributed by atoms with Gasteiger partial charge in [0.1, 0.15) is 10.8 Å². The number of anilines is 1. The Morgan fingerprint density at radius 1 is 1.23 bits per heavy atom. The normalized spacial score (nSPS) is 13.4. The Hall–Kier alpha value is -2.78. The minimum atomic E-state index is 0.496. The third kappa shape index (κ3) is 3.48. The lowest BCUT2D eigenvalue weighted by molar-refractivity contribution is 0.0934. The van der Waals surface area contributed by atoms with Gasteiger partial charge in [0, 0.05) is 31.3 Å². The molecule has 2 aromatic heterocycles. The van der Waals surface area contributed by atoms with Crippen LogP contribution in [0.2, 0.25) is 0 Å². The standard InChI is InChI=1S/C21H22N4O3S2/c1-22-18-16(12-6-5-7-23-19(12)29)14(26-2)9-11-8-13(25-17(11)18)20-24-10-15(30-20)21(27-3)28-4/h5-9,22,25H,10H2,1-4H3,(H,23,29)/p+1. The molecule has 0 amide bonds. The number of ether oxygens (including phenoxy) is 3. The Balaban J connectivity index is 1.85. The van der Waals surface area contributed by atoms with E-state index in [4.69, 9.17) is 14.2 Å². The van der Waals surface area contributed by atoms with Gasteiger partial charge in [-0.2, -0.15) is 0 Å². The number of benzene rings is 1. The van der Waals surface area contributed by atoms with Crippen molar-refractivity contribution in [1.29, 1.82) is 0 Å². The highest BCUT2D eigenvalue weighted by atomic mass is 32.2. The topological polar surface area (TPSA) is 80.8 Å². The van der Waals surface area contributed by atoms with Gasteiger partial charge in [0.2, 0.25) is 5.03 Å². The van der Waals surface area contributed by atoms with E-state index in [0.29, 0.717) is 12.5 Å². The number of rotatable bonds is 6. The van der Waals surface area contributed by atoms with Crippen LogP contribution >= 0.6 is 11.8 Å². The average Bonchev–Trinajstić information content (AvgIpc) is 3.41. The zero-order valence-corrected chi connectivity index (χ0v) is 18.9. The van der Waals surface area contributed by atoms with E-state index in [9.17, 15) is 0 Å². The van der Waals surface area contributed by atoms with Crippen molar-refractivity contribution in [1.82, 2.24) is 9.97 Å². The molecule has 0 saturated carbocycles. The molecule has 0 spiro atoms. The van der Waals surface area contributed by atoms with Gasteiger partial charge in [0.25, 0.3) is 5.95 Å².